The van der Waals surface area contributed by atoms with Crippen LogP contribution in [0.3, 0.4) is 0 Å². The van der Waals surface area contributed by atoms with Crippen molar-refractivity contribution in [1.29, 1.82) is 0 Å². The Hall–Kier alpha value is -1.35. The number of amides is 1. The van der Waals surface area contributed by atoms with Gasteiger partial charge in [0.05, 0.1) is 5.92 Å². The highest BCUT2D eigenvalue weighted by Crippen LogP contribution is 2.34. The van der Waals surface area contributed by atoms with E-state index >= 15 is 0 Å². The third-order valence-corrected chi connectivity index (χ3v) is 5.19. The number of rotatable bonds is 4. The van der Waals surface area contributed by atoms with Gasteiger partial charge in [-0.1, -0.05) is 32.0 Å². The lowest BCUT2D eigenvalue weighted by molar-refractivity contribution is -0.120. The number of benzene rings is 1. The molecule has 2 saturated heterocycles. The fourth-order valence-corrected chi connectivity index (χ4v) is 4.01. The number of nitrogens with one attached hydrogen (secondary N) is 1. The smallest absolute Gasteiger partial charge is 0.229 e. The molecule has 2 atom stereocenters. The molecule has 3 heteroatoms. The molecule has 3 rings (SSSR count). The van der Waals surface area contributed by atoms with E-state index in [1.165, 1.54) is 30.5 Å². The van der Waals surface area contributed by atoms with Gasteiger partial charge in [-0.25, -0.2) is 0 Å². The van der Waals surface area contributed by atoms with Crippen LogP contribution in [-0.2, 0) is 17.6 Å². The van der Waals surface area contributed by atoms with Crippen LogP contribution < -0.4 is 5.32 Å². The van der Waals surface area contributed by atoms with Crippen molar-refractivity contribution < 1.29 is 4.79 Å². The molecule has 2 fully saturated rings. The summed E-state index contributed by atoms with van der Waals surface area (Å²) in [4.78, 5) is 15.3. The van der Waals surface area contributed by atoms with Crippen LogP contribution in [0.2, 0.25) is 0 Å². The molecule has 0 spiro atoms. The van der Waals surface area contributed by atoms with E-state index in [9.17, 15) is 4.79 Å². The summed E-state index contributed by atoms with van der Waals surface area (Å²) in [6.45, 7) is 6.58. The second-order valence-corrected chi connectivity index (χ2v) is 6.29. The first-order valence-electron chi connectivity index (χ1n) is 8.40. The Bertz CT molecular complexity index is 504. The molecule has 1 amide bonds. The Labute approximate surface area is 127 Å². The van der Waals surface area contributed by atoms with Crippen molar-refractivity contribution in [2.75, 3.05) is 18.4 Å². The van der Waals surface area contributed by atoms with Gasteiger partial charge in [0.2, 0.25) is 5.91 Å². The van der Waals surface area contributed by atoms with Crippen LogP contribution in [0, 0.1) is 5.92 Å². The van der Waals surface area contributed by atoms with Crippen LogP contribution in [-0.4, -0.2) is 29.9 Å². The van der Waals surface area contributed by atoms with Crippen molar-refractivity contribution in [2.24, 2.45) is 5.92 Å². The highest BCUT2D eigenvalue weighted by atomic mass is 16.2. The molecule has 1 aromatic carbocycles. The average molecular weight is 286 g/mol. The minimum Gasteiger partial charge on any atom is -0.325 e. The molecule has 0 saturated carbocycles. The normalized spacial score (nSPS) is 25.0. The predicted octanol–water partition coefficient (Wildman–Crippen LogP) is 3.23. The molecular formula is C18H26N2O. The lowest BCUT2D eigenvalue weighted by Crippen LogP contribution is -2.33. The zero-order chi connectivity index (χ0) is 14.8. The van der Waals surface area contributed by atoms with Crippen LogP contribution in [0.4, 0.5) is 5.69 Å². The van der Waals surface area contributed by atoms with Gasteiger partial charge in [0, 0.05) is 11.7 Å². The van der Waals surface area contributed by atoms with Gasteiger partial charge in [-0.05, 0) is 56.3 Å². The number of fused-ring (bicyclic) bond motifs is 1. The van der Waals surface area contributed by atoms with E-state index in [-0.39, 0.29) is 11.8 Å². The standard InChI is InChI=1S/C18H26N2O/c1-3-13-7-5-8-14(4-2)17(13)19-18(21)15-10-12-20-11-6-9-16(15)20/h5,7-8,15-16H,3-4,6,9-12H2,1-2H3,(H,19,21). The highest BCUT2D eigenvalue weighted by molar-refractivity contribution is 5.94. The number of aryl methyl sites for hydroxylation is 2. The molecule has 21 heavy (non-hydrogen) atoms. The first kappa shape index (κ1) is 14.6. The van der Waals surface area contributed by atoms with Crippen LogP contribution in [0.15, 0.2) is 18.2 Å². The molecule has 0 bridgehead atoms. The number of para-hydroxylation sites is 1. The van der Waals surface area contributed by atoms with E-state index in [0.29, 0.717) is 6.04 Å². The van der Waals surface area contributed by atoms with Gasteiger partial charge in [-0.2, -0.15) is 0 Å². The summed E-state index contributed by atoms with van der Waals surface area (Å²) in [5, 5.41) is 3.27. The van der Waals surface area contributed by atoms with Crippen LogP contribution in [0.1, 0.15) is 44.2 Å². The Kier molecular flexibility index (Phi) is 4.29. The minimum absolute atomic E-state index is 0.183. The van der Waals surface area contributed by atoms with Crippen LogP contribution in [0.5, 0.6) is 0 Å². The summed E-state index contributed by atoms with van der Waals surface area (Å²) in [5.41, 5.74) is 3.58. The highest BCUT2D eigenvalue weighted by Gasteiger charge is 2.41. The second-order valence-electron chi connectivity index (χ2n) is 6.29. The van der Waals surface area contributed by atoms with Crippen molar-refractivity contribution in [2.45, 2.75) is 52.0 Å². The lowest BCUT2D eigenvalue weighted by atomic mass is 9.96. The Balaban J connectivity index is 1.78. The zero-order valence-corrected chi connectivity index (χ0v) is 13.2. The first-order chi connectivity index (χ1) is 10.2. The monoisotopic (exact) mass is 286 g/mol. The average Bonchev–Trinajstić information content (AvgIpc) is 3.10. The molecule has 3 nitrogen and oxygen atoms in total. The van der Waals surface area contributed by atoms with E-state index in [2.05, 4.69) is 42.3 Å². The minimum atomic E-state index is 0.183. The molecule has 2 heterocycles. The van der Waals surface area contributed by atoms with E-state index in [4.69, 9.17) is 0 Å². The molecule has 114 valence electrons. The van der Waals surface area contributed by atoms with Gasteiger partial charge in [-0.3, -0.25) is 9.69 Å². The Morgan fingerprint density at radius 3 is 2.57 bits per heavy atom. The van der Waals surface area contributed by atoms with Crippen molar-refractivity contribution in [3.05, 3.63) is 29.3 Å². The first-order valence-corrected chi connectivity index (χ1v) is 8.40. The van der Waals surface area contributed by atoms with Gasteiger partial charge in [0.25, 0.3) is 0 Å². The summed E-state index contributed by atoms with van der Waals surface area (Å²) in [5.74, 6) is 0.419. The Morgan fingerprint density at radius 2 is 1.90 bits per heavy atom. The maximum absolute atomic E-state index is 12.8. The number of hydrogen-bond acceptors (Lipinski definition) is 2. The van der Waals surface area contributed by atoms with Crippen molar-refractivity contribution in [3.63, 3.8) is 0 Å². The van der Waals surface area contributed by atoms with Gasteiger partial charge in [-0.15, -0.1) is 0 Å². The molecule has 2 aliphatic heterocycles. The number of hydrogen-bond donors (Lipinski definition) is 1. The third kappa shape index (κ3) is 2.71. The van der Waals surface area contributed by atoms with Crippen molar-refractivity contribution in [3.8, 4) is 0 Å². The number of carbonyl (C=O) groups is 1. The van der Waals surface area contributed by atoms with Crippen molar-refractivity contribution >= 4 is 11.6 Å². The Morgan fingerprint density at radius 1 is 1.19 bits per heavy atom. The third-order valence-electron chi connectivity index (χ3n) is 5.19. The zero-order valence-electron chi connectivity index (χ0n) is 13.2. The van der Waals surface area contributed by atoms with Crippen LogP contribution >= 0.6 is 0 Å². The number of anilines is 1. The van der Waals surface area contributed by atoms with Crippen LogP contribution in [0.25, 0.3) is 0 Å². The molecule has 1 aromatic rings. The van der Waals surface area contributed by atoms with Gasteiger partial charge in [0.1, 0.15) is 0 Å². The van der Waals surface area contributed by atoms with E-state index in [1.54, 1.807) is 0 Å². The molecule has 0 aromatic heterocycles. The number of nitrogens with zero attached hydrogens (tertiary/aromatic N) is 1. The maximum atomic E-state index is 12.8. The van der Waals surface area contributed by atoms with Gasteiger partial charge < -0.3 is 5.32 Å². The molecule has 0 aliphatic carbocycles. The topological polar surface area (TPSA) is 32.3 Å². The SMILES string of the molecule is CCc1cccc(CC)c1NC(=O)C1CCN2CCCC12. The largest absolute Gasteiger partial charge is 0.325 e. The second kappa shape index (κ2) is 6.18. The summed E-state index contributed by atoms with van der Waals surface area (Å²) in [6.07, 6.45) is 5.38. The van der Waals surface area contributed by atoms with E-state index in [1.807, 2.05) is 0 Å². The lowest BCUT2D eigenvalue weighted by Gasteiger charge is -2.21. The maximum Gasteiger partial charge on any atom is 0.229 e. The fourth-order valence-electron chi connectivity index (χ4n) is 4.01. The number of carbonyl (C=O) groups excluding carboxylic acids is 1. The molecule has 0 radical (unpaired) electrons. The van der Waals surface area contributed by atoms with Gasteiger partial charge in [0.15, 0.2) is 0 Å². The quantitative estimate of drug-likeness (QED) is 0.921. The summed E-state index contributed by atoms with van der Waals surface area (Å²) < 4.78 is 0. The molecule has 1 N–H and O–H groups in total. The molecule has 2 aliphatic rings. The summed E-state index contributed by atoms with van der Waals surface area (Å²) in [7, 11) is 0. The molecular weight excluding hydrogens is 260 g/mol. The fraction of sp³-hybridized carbons (Fsp3) is 0.611. The predicted molar refractivity (Wildman–Crippen MR) is 86.5 cm³/mol. The summed E-state index contributed by atoms with van der Waals surface area (Å²) in [6, 6.07) is 6.85. The van der Waals surface area contributed by atoms with Gasteiger partial charge >= 0.3 is 0 Å². The van der Waals surface area contributed by atoms with E-state index in [0.717, 1.165) is 31.5 Å². The van der Waals surface area contributed by atoms with E-state index < -0.39 is 0 Å². The summed E-state index contributed by atoms with van der Waals surface area (Å²) >= 11 is 0. The van der Waals surface area contributed by atoms with Crippen molar-refractivity contribution in [1.82, 2.24) is 4.90 Å². The molecule has 2 unspecified atom stereocenters.